The maximum absolute atomic E-state index is 12.7. The van der Waals surface area contributed by atoms with Crippen molar-refractivity contribution in [2.24, 2.45) is 0 Å². The molecule has 4 aromatic rings. The summed E-state index contributed by atoms with van der Waals surface area (Å²) >= 11 is 0. The molecule has 0 aliphatic rings. The number of hydrogen-bond donors (Lipinski definition) is 1. The minimum atomic E-state index is -0.516. The van der Waals surface area contributed by atoms with Gasteiger partial charge in [-0.25, -0.2) is 0 Å². The summed E-state index contributed by atoms with van der Waals surface area (Å²) in [6, 6.07) is 26.4. The second-order valence-electron chi connectivity index (χ2n) is 6.75. The molecule has 0 aliphatic carbocycles. The van der Waals surface area contributed by atoms with E-state index in [1.807, 2.05) is 66.7 Å². The fourth-order valence-corrected chi connectivity index (χ4v) is 2.98. The Morgan fingerprint density at radius 3 is 2.40 bits per heavy atom. The average Bonchev–Trinajstić information content (AvgIpc) is 3.30. The highest BCUT2D eigenvalue weighted by Crippen LogP contribution is 2.26. The molecule has 1 atom stereocenters. The summed E-state index contributed by atoms with van der Waals surface area (Å²) in [5.74, 6) is 1.08. The SMILES string of the molecule is C[C@@H](Oc1ccccc1C(=O)NCc1ccccc1)c1nc(-c2ccccc2)no1. The molecule has 1 heterocycles. The van der Waals surface area contributed by atoms with Crippen molar-refractivity contribution in [2.45, 2.75) is 19.6 Å². The van der Waals surface area contributed by atoms with Gasteiger partial charge in [-0.05, 0) is 24.6 Å². The van der Waals surface area contributed by atoms with E-state index in [9.17, 15) is 4.79 Å². The Morgan fingerprint density at radius 2 is 1.63 bits per heavy atom. The number of carbonyl (C=O) groups is 1. The van der Waals surface area contributed by atoms with E-state index in [-0.39, 0.29) is 5.91 Å². The monoisotopic (exact) mass is 399 g/mol. The predicted octanol–water partition coefficient (Wildman–Crippen LogP) is 4.81. The predicted molar refractivity (Wildman–Crippen MR) is 113 cm³/mol. The molecule has 3 aromatic carbocycles. The summed E-state index contributed by atoms with van der Waals surface area (Å²) in [5, 5.41) is 6.95. The van der Waals surface area contributed by atoms with Gasteiger partial charge in [-0.1, -0.05) is 78.0 Å². The van der Waals surface area contributed by atoms with Gasteiger partial charge in [0, 0.05) is 12.1 Å². The third-order valence-electron chi connectivity index (χ3n) is 4.55. The highest BCUT2D eigenvalue weighted by molar-refractivity contribution is 5.96. The molecule has 0 unspecified atom stereocenters. The lowest BCUT2D eigenvalue weighted by Gasteiger charge is -2.14. The first-order chi connectivity index (χ1) is 14.7. The van der Waals surface area contributed by atoms with Gasteiger partial charge in [0.1, 0.15) is 5.75 Å². The Morgan fingerprint density at radius 1 is 0.967 bits per heavy atom. The molecule has 4 rings (SSSR count). The third-order valence-corrected chi connectivity index (χ3v) is 4.55. The molecule has 6 heteroatoms. The van der Waals surface area contributed by atoms with Crippen molar-refractivity contribution in [1.29, 1.82) is 0 Å². The molecule has 0 saturated carbocycles. The Kier molecular flexibility index (Phi) is 5.85. The molecular formula is C24H21N3O3. The molecule has 0 aliphatic heterocycles. The number of nitrogens with zero attached hydrogens (tertiary/aromatic N) is 2. The Hall–Kier alpha value is -3.93. The van der Waals surface area contributed by atoms with E-state index < -0.39 is 6.10 Å². The number of amides is 1. The van der Waals surface area contributed by atoms with Crippen molar-refractivity contribution >= 4 is 5.91 Å². The maximum Gasteiger partial charge on any atom is 0.267 e. The van der Waals surface area contributed by atoms with E-state index in [1.165, 1.54) is 0 Å². The smallest absolute Gasteiger partial charge is 0.267 e. The summed E-state index contributed by atoms with van der Waals surface area (Å²) < 4.78 is 11.4. The fourth-order valence-electron chi connectivity index (χ4n) is 2.98. The molecule has 0 radical (unpaired) electrons. The van der Waals surface area contributed by atoms with Gasteiger partial charge < -0.3 is 14.6 Å². The van der Waals surface area contributed by atoms with Gasteiger partial charge in [0.15, 0.2) is 6.10 Å². The molecule has 0 spiro atoms. The van der Waals surface area contributed by atoms with Crippen LogP contribution in [0.15, 0.2) is 89.5 Å². The fraction of sp³-hybridized carbons (Fsp3) is 0.125. The summed E-state index contributed by atoms with van der Waals surface area (Å²) in [4.78, 5) is 17.1. The van der Waals surface area contributed by atoms with Crippen molar-refractivity contribution in [3.05, 3.63) is 102 Å². The number of ether oxygens (including phenoxy) is 1. The number of para-hydroxylation sites is 1. The molecule has 1 aromatic heterocycles. The number of aromatic nitrogens is 2. The van der Waals surface area contributed by atoms with E-state index in [0.29, 0.717) is 29.6 Å². The van der Waals surface area contributed by atoms with Crippen LogP contribution in [0.2, 0.25) is 0 Å². The van der Waals surface area contributed by atoms with Gasteiger partial charge in [-0.3, -0.25) is 4.79 Å². The van der Waals surface area contributed by atoms with Crippen LogP contribution in [0.5, 0.6) is 5.75 Å². The molecule has 0 bridgehead atoms. The summed E-state index contributed by atoms with van der Waals surface area (Å²) in [7, 11) is 0. The zero-order valence-corrected chi connectivity index (χ0v) is 16.5. The molecular weight excluding hydrogens is 378 g/mol. The molecule has 30 heavy (non-hydrogen) atoms. The van der Waals surface area contributed by atoms with Gasteiger partial charge in [0.05, 0.1) is 5.56 Å². The third kappa shape index (κ3) is 4.55. The number of hydrogen-bond acceptors (Lipinski definition) is 5. The lowest BCUT2D eigenvalue weighted by atomic mass is 10.1. The number of rotatable bonds is 7. The van der Waals surface area contributed by atoms with Crippen LogP contribution in [0.1, 0.15) is 34.8 Å². The summed E-state index contributed by atoms with van der Waals surface area (Å²) in [6.45, 7) is 2.24. The van der Waals surface area contributed by atoms with Gasteiger partial charge in [-0.2, -0.15) is 4.98 Å². The van der Waals surface area contributed by atoms with E-state index in [2.05, 4.69) is 15.5 Å². The first-order valence-corrected chi connectivity index (χ1v) is 9.67. The van der Waals surface area contributed by atoms with Crippen LogP contribution in [0.4, 0.5) is 0 Å². The van der Waals surface area contributed by atoms with Gasteiger partial charge in [0.2, 0.25) is 5.82 Å². The van der Waals surface area contributed by atoms with Gasteiger partial charge >= 0.3 is 0 Å². The van der Waals surface area contributed by atoms with Crippen LogP contribution in [-0.4, -0.2) is 16.0 Å². The topological polar surface area (TPSA) is 77.2 Å². The van der Waals surface area contributed by atoms with Crippen molar-refractivity contribution in [1.82, 2.24) is 15.5 Å². The molecule has 150 valence electrons. The highest BCUT2D eigenvalue weighted by atomic mass is 16.5. The minimum Gasteiger partial charge on any atom is -0.480 e. The molecule has 0 fully saturated rings. The van der Waals surface area contributed by atoms with Crippen molar-refractivity contribution < 1.29 is 14.1 Å². The van der Waals surface area contributed by atoms with Crippen molar-refractivity contribution in [3.8, 4) is 17.1 Å². The van der Waals surface area contributed by atoms with Crippen LogP contribution in [0, 0.1) is 0 Å². The second-order valence-corrected chi connectivity index (χ2v) is 6.75. The van der Waals surface area contributed by atoms with Crippen LogP contribution >= 0.6 is 0 Å². The van der Waals surface area contributed by atoms with Crippen LogP contribution in [0.25, 0.3) is 11.4 Å². The Bertz CT molecular complexity index is 1110. The van der Waals surface area contributed by atoms with Crippen molar-refractivity contribution in [3.63, 3.8) is 0 Å². The van der Waals surface area contributed by atoms with E-state index in [0.717, 1.165) is 11.1 Å². The van der Waals surface area contributed by atoms with Crippen molar-refractivity contribution in [2.75, 3.05) is 0 Å². The zero-order valence-electron chi connectivity index (χ0n) is 16.5. The van der Waals surface area contributed by atoms with E-state index >= 15 is 0 Å². The maximum atomic E-state index is 12.7. The first kappa shape index (κ1) is 19.4. The highest BCUT2D eigenvalue weighted by Gasteiger charge is 2.20. The summed E-state index contributed by atoms with van der Waals surface area (Å²) in [5.41, 5.74) is 2.33. The largest absolute Gasteiger partial charge is 0.480 e. The first-order valence-electron chi connectivity index (χ1n) is 9.67. The van der Waals surface area contributed by atoms with Crippen LogP contribution in [0.3, 0.4) is 0 Å². The van der Waals surface area contributed by atoms with Gasteiger partial charge in [-0.15, -0.1) is 0 Å². The number of carbonyl (C=O) groups excluding carboxylic acids is 1. The average molecular weight is 399 g/mol. The zero-order chi connectivity index (χ0) is 20.8. The number of benzene rings is 3. The Labute approximate surface area is 174 Å². The van der Waals surface area contributed by atoms with Crippen LogP contribution in [-0.2, 0) is 6.54 Å². The molecule has 1 amide bonds. The second kappa shape index (κ2) is 9.05. The minimum absolute atomic E-state index is 0.211. The molecule has 1 N–H and O–H groups in total. The van der Waals surface area contributed by atoms with E-state index in [1.54, 1.807) is 25.1 Å². The van der Waals surface area contributed by atoms with Crippen LogP contribution < -0.4 is 10.1 Å². The summed E-state index contributed by atoms with van der Waals surface area (Å²) in [6.07, 6.45) is -0.516. The lowest BCUT2D eigenvalue weighted by Crippen LogP contribution is -2.23. The molecule has 0 saturated heterocycles. The molecule has 6 nitrogen and oxygen atoms in total. The normalized spacial score (nSPS) is 11.6. The van der Waals surface area contributed by atoms with Gasteiger partial charge in [0.25, 0.3) is 11.8 Å². The lowest BCUT2D eigenvalue weighted by molar-refractivity contribution is 0.0941. The quantitative estimate of drug-likeness (QED) is 0.483. The number of nitrogens with one attached hydrogen (secondary N) is 1. The standard InChI is InChI=1S/C24H21N3O3/c1-17(24-26-22(27-30-24)19-12-6-3-7-13-19)29-21-15-9-8-14-20(21)23(28)25-16-18-10-4-2-5-11-18/h2-15,17H,16H2,1H3,(H,25,28)/t17-/m1/s1. The Balaban J connectivity index is 1.46. The van der Waals surface area contributed by atoms with E-state index in [4.69, 9.17) is 9.26 Å².